The molecular formula is C22H33N7O. The number of aromatic nitrogens is 3. The van der Waals surface area contributed by atoms with E-state index >= 15 is 0 Å². The number of fused-ring (bicyclic) bond motifs is 2. The molecule has 8 nitrogen and oxygen atoms in total. The SMILES string of the molecule is CN=C(NCCCN1CCc2ccccc2C1)NC1CCc2nc(COC)nn2C1. The molecule has 0 amide bonds. The summed E-state index contributed by atoms with van der Waals surface area (Å²) in [6.45, 7) is 5.50. The first-order valence-electron chi connectivity index (χ1n) is 10.9. The Morgan fingerprint density at radius 3 is 2.97 bits per heavy atom. The Kier molecular flexibility index (Phi) is 6.96. The fourth-order valence-electron chi connectivity index (χ4n) is 4.31. The number of methoxy groups -OCH3 is 1. The van der Waals surface area contributed by atoms with Crippen LogP contribution in [0.15, 0.2) is 29.3 Å². The van der Waals surface area contributed by atoms with Crippen molar-refractivity contribution in [2.75, 3.05) is 33.8 Å². The summed E-state index contributed by atoms with van der Waals surface area (Å²) in [6.07, 6.45) is 4.20. The van der Waals surface area contributed by atoms with Crippen LogP contribution in [0.4, 0.5) is 0 Å². The fraction of sp³-hybridized carbons (Fsp3) is 0.591. The molecule has 0 spiro atoms. The van der Waals surface area contributed by atoms with E-state index in [0.717, 1.165) is 76.0 Å². The van der Waals surface area contributed by atoms with E-state index in [0.29, 0.717) is 12.6 Å². The number of nitrogens with zero attached hydrogens (tertiary/aromatic N) is 5. The third-order valence-electron chi connectivity index (χ3n) is 5.89. The van der Waals surface area contributed by atoms with Gasteiger partial charge in [-0.1, -0.05) is 24.3 Å². The van der Waals surface area contributed by atoms with Crippen LogP contribution in [0.3, 0.4) is 0 Å². The van der Waals surface area contributed by atoms with Gasteiger partial charge in [-0.2, -0.15) is 5.10 Å². The van der Waals surface area contributed by atoms with Gasteiger partial charge in [-0.15, -0.1) is 0 Å². The summed E-state index contributed by atoms with van der Waals surface area (Å²) >= 11 is 0. The zero-order valence-electron chi connectivity index (χ0n) is 18.1. The number of rotatable bonds is 7. The number of aryl methyl sites for hydroxylation is 1. The minimum atomic E-state index is 0.305. The molecule has 162 valence electrons. The van der Waals surface area contributed by atoms with E-state index in [4.69, 9.17) is 4.74 Å². The summed E-state index contributed by atoms with van der Waals surface area (Å²) < 4.78 is 7.14. The smallest absolute Gasteiger partial charge is 0.191 e. The van der Waals surface area contributed by atoms with Gasteiger partial charge in [0.2, 0.25) is 0 Å². The standard InChI is InChI=1S/C22H33N7O/c1-23-22(25-19-8-9-21-26-20(16-30-2)27-29(21)15-19)24-11-5-12-28-13-10-17-6-3-4-7-18(17)14-28/h3-4,6-7,19H,5,8-16H2,1-2H3,(H2,23,24,25). The van der Waals surface area contributed by atoms with Crippen LogP contribution < -0.4 is 10.6 Å². The zero-order valence-corrected chi connectivity index (χ0v) is 18.1. The maximum atomic E-state index is 5.14. The molecule has 3 heterocycles. The van der Waals surface area contributed by atoms with E-state index in [1.54, 1.807) is 7.11 Å². The van der Waals surface area contributed by atoms with Crippen molar-refractivity contribution in [1.29, 1.82) is 0 Å². The topological polar surface area (TPSA) is 79.6 Å². The van der Waals surface area contributed by atoms with Crippen molar-refractivity contribution >= 4 is 5.96 Å². The van der Waals surface area contributed by atoms with Crippen LogP contribution in [0.2, 0.25) is 0 Å². The Morgan fingerprint density at radius 2 is 2.13 bits per heavy atom. The Morgan fingerprint density at radius 1 is 1.27 bits per heavy atom. The second-order valence-corrected chi connectivity index (χ2v) is 8.09. The molecule has 0 fully saturated rings. The van der Waals surface area contributed by atoms with Crippen molar-refractivity contribution in [3.05, 3.63) is 47.0 Å². The molecule has 2 aliphatic rings. The highest BCUT2D eigenvalue weighted by Gasteiger charge is 2.22. The van der Waals surface area contributed by atoms with Crippen molar-refractivity contribution in [2.45, 2.75) is 51.4 Å². The highest BCUT2D eigenvalue weighted by atomic mass is 16.5. The minimum Gasteiger partial charge on any atom is -0.377 e. The Balaban J connectivity index is 1.18. The van der Waals surface area contributed by atoms with Crippen LogP contribution in [0.5, 0.6) is 0 Å². The molecule has 1 unspecified atom stereocenters. The molecule has 2 N–H and O–H groups in total. The molecule has 1 atom stereocenters. The molecule has 1 aromatic carbocycles. The van der Waals surface area contributed by atoms with Crippen LogP contribution in [-0.4, -0.2) is 65.5 Å². The van der Waals surface area contributed by atoms with Gasteiger partial charge in [0.15, 0.2) is 11.8 Å². The molecule has 30 heavy (non-hydrogen) atoms. The van der Waals surface area contributed by atoms with Gasteiger partial charge in [-0.25, -0.2) is 9.67 Å². The number of ether oxygens (including phenoxy) is 1. The quantitative estimate of drug-likeness (QED) is 0.407. The zero-order chi connectivity index (χ0) is 20.8. The van der Waals surface area contributed by atoms with Gasteiger partial charge in [0.25, 0.3) is 0 Å². The molecule has 8 heteroatoms. The highest BCUT2D eigenvalue weighted by molar-refractivity contribution is 5.79. The average Bonchev–Trinajstić information content (AvgIpc) is 3.17. The monoisotopic (exact) mass is 411 g/mol. The van der Waals surface area contributed by atoms with Crippen molar-refractivity contribution in [1.82, 2.24) is 30.3 Å². The van der Waals surface area contributed by atoms with Crippen molar-refractivity contribution in [3.63, 3.8) is 0 Å². The van der Waals surface area contributed by atoms with Crippen LogP contribution in [0, 0.1) is 0 Å². The Hall–Kier alpha value is -2.45. The molecule has 1 aromatic heterocycles. The van der Waals surface area contributed by atoms with Crippen LogP contribution in [-0.2, 0) is 37.3 Å². The molecule has 0 aliphatic carbocycles. The summed E-state index contributed by atoms with van der Waals surface area (Å²) in [6, 6.07) is 9.11. The van der Waals surface area contributed by atoms with Crippen molar-refractivity contribution < 1.29 is 4.74 Å². The summed E-state index contributed by atoms with van der Waals surface area (Å²) in [7, 11) is 3.50. The highest BCUT2D eigenvalue weighted by Crippen LogP contribution is 2.18. The third-order valence-corrected chi connectivity index (χ3v) is 5.89. The van der Waals surface area contributed by atoms with Gasteiger partial charge in [-0.05, 0) is 30.4 Å². The first-order chi connectivity index (χ1) is 14.7. The summed E-state index contributed by atoms with van der Waals surface area (Å²) in [5, 5.41) is 11.6. The van der Waals surface area contributed by atoms with E-state index in [1.807, 2.05) is 11.7 Å². The molecule has 0 bridgehead atoms. The molecule has 0 saturated heterocycles. The van der Waals surface area contributed by atoms with E-state index in [-0.39, 0.29) is 0 Å². The second kappa shape index (κ2) is 10.0. The van der Waals surface area contributed by atoms with Gasteiger partial charge in [-0.3, -0.25) is 9.89 Å². The Labute approximate surface area is 178 Å². The number of hydrogen-bond acceptors (Lipinski definition) is 5. The lowest BCUT2D eigenvalue weighted by Crippen LogP contribution is -2.47. The molecular weight excluding hydrogens is 378 g/mol. The second-order valence-electron chi connectivity index (χ2n) is 8.09. The van der Waals surface area contributed by atoms with Gasteiger partial charge >= 0.3 is 0 Å². The number of hydrogen-bond donors (Lipinski definition) is 2. The molecule has 2 aliphatic heterocycles. The lowest BCUT2D eigenvalue weighted by atomic mass is 10.00. The Bertz CT molecular complexity index is 863. The van der Waals surface area contributed by atoms with Gasteiger partial charge < -0.3 is 15.4 Å². The third kappa shape index (κ3) is 5.17. The number of guanidine groups is 1. The predicted octanol–water partition coefficient (Wildman–Crippen LogP) is 1.35. The van der Waals surface area contributed by atoms with E-state index < -0.39 is 0 Å². The van der Waals surface area contributed by atoms with Gasteiger partial charge in [0.05, 0.1) is 6.54 Å². The van der Waals surface area contributed by atoms with Gasteiger partial charge in [0.1, 0.15) is 12.4 Å². The maximum absolute atomic E-state index is 5.14. The minimum absolute atomic E-state index is 0.305. The van der Waals surface area contributed by atoms with E-state index in [9.17, 15) is 0 Å². The number of benzene rings is 1. The van der Waals surface area contributed by atoms with Crippen molar-refractivity contribution in [2.24, 2.45) is 4.99 Å². The summed E-state index contributed by atoms with van der Waals surface area (Å²) in [5.74, 6) is 2.67. The van der Waals surface area contributed by atoms with Crippen LogP contribution in [0.25, 0.3) is 0 Å². The van der Waals surface area contributed by atoms with Crippen LogP contribution in [0.1, 0.15) is 35.6 Å². The predicted molar refractivity (Wildman–Crippen MR) is 117 cm³/mol. The average molecular weight is 412 g/mol. The number of aliphatic imine (C=N–C) groups is 1. The van der Waals surface area contributed by atoms with E-state index in [2.05, 4.69) is 54.9 Å². The van der Waals surface area contributed by atoms with E-state index in [1.165, 1.54) is 11.1 Å². The van der Waals surface area contributed by atoms with Crippen LogP contribution >= 0.6 is 0 Å². The maximum Gasteiger partial charge on any atom is 0.191 e. The normalized spacial score (nSPS) is 19.3. The largest absolute Gasteiger partial charge is 0.377 e. The lowest BCUT2D eigenvalue weighted by Gasteiger charge is -2.29. The molecule has 4 rings (SSSR count). The molecule has 0 saturated carbocycles. The van der Waals surface area contributed by atoms with Gasteiger partial charge in [0, 0.05) is 52.8 Å². The molecule has 0 radical (unpaired) electrons. The first-order valence-corrected chi connectivity index (χ1v) is 10.9. The summed E-state index contributed by atoms with van der Waals surface area (Å²) in [4.78, 5) is 11.5. The summed E-state index contributed by atoms with van der Waals surface area (Å²) in [5.41, 5.74) is 2.99. The lowest BCUT2D eigenvalue weighted by molar-refractivity contribution is 0.177. The number of nitrogens with one attached hydrogen (secondary N) is 2. The fourth-order valence-corrected chi connectivity index (χ4v) is 4.31. The first kappa shape index (κ1) is 20.8. The molecule has 2 aromatic rings. The van der Waals surface area contributed by atoms with Crippen molar-refractivity contribution in [3.8, 4) is 0 Å².